The quantitative estimate of drug-likeness (QED) is 0.904. The molecule has 1 aliphatic heterocycles. The number of carbonyl (C=O) groups excluding carboxylic acids is 2. The average Bonchev–Trinajstić information content (AvgIpc) is 2.61. The van der Waals surface area contributed by atoms with Crippen molar-refractivity contribution in [1.82, 2.24) is 5.32 Å². The summed E-state index contributed by atoms with van der Waals surface area (Å²) in [4.78, 5) is 24.9. The largest absolute Gasteiger partial charge is 0.419 e. The lowest BCUT2D eigenvalue weighted by molar-refractivity contribution is 0.198. The monoisotopic (exact) mass is 338 g/mol. The zero-order valence-electron chi connectivity index (χ0n) is 14.2. The van der Waals surface area contributed by atoms with Gasteiger partial charge in [-0.05, 0) is 36.8 Å². The molecule has 0 atom stereocenters. The molecule has 2 amide bonds. The topological polar surface area (TPSA) is 67.9 Å². The van der Waals surface area contributed by atoms with Gasteiger partial charge in [-0.2, -0.15) is 0 Å². The Morgan fingerprint density at radius 2 is 1.92 bits per heavy atom. The van der Waals surface area contributed by atoms with Crippen molar-refractivity contribution in [2.75, 3.05) is 19.0 Å². The number of hydrogen-bond acceptors (Lipinski definition) is 4. The van der Waals surface area contributed by atoms with Gasteiger partial charge in [0.2, 0.25) is 0 Å². The molecule has 1 heterocycles. The molecule has 0 fully saturated rings. The Morgan fingerprint density at radius 3 is 2.60 bits per heavy atom. The highest BCUT2D eigenvalue weighted by Crippen LogP contribution is 2.36. The Morgan fingerprint density at radius 1 is 1.20 bits per heavy atom. The van der Waals surface area contributed by atoms with E-state index < -0.39 is 12.2 Å². The second-order valence-electron chi connectivity index (χ2n) is 5.66. The third-order valence-electron chi connectivity index (χ3n) is 3.86. The summed E-state index contributed by atoms with van der Waals surface area (Å²) < 4.78 is 10.6. The van der Waals surface area contributed by atoms with Gasteiger partial charge in [0.05, 0.1) is 5.69 Å². The SMILES string of the molecule is CNC(=O)Oc1ccc2c(c1)/C(=C/c1ccc(C)cc1)OC(=O)N2C. The number of ether oxygens (including phenoxy) is 2. The number of cyclic esters (lactones) is 1. The number of anilines is 1. The minimum atomic E-state index is -0.565. The van der Waals surface area contributed by atoms with E-state index in [0.29, 0.717) is 22.8 Å². The van der Waals surface area contributed by atoms with Crippen LogP contribution in [0.2, 0.25) is 0 Å². The molecule has 3 rings (SSSR count). The third kappa shape index (κ3) is 3.47. The molecule has 6 nitrogen and oxygen atoms in total. The number of fused-ring (bicyclic) bond motifs is 1. The van der Waals surface area contributed by atoms with Crippen molar-refractivity contribution in [3.05, 3.63) is 59.2 Å². The Kier molecular flexibility index (Phi) is 4.43. The molecule has 0 saturated carbocycles. The van der Waals surface area contributed by atoms with Gasteiger partial charge >= 0.3 is 12.2 Å². The smallest absolute Gasteiger partial charge is 0.410 e. The van der Waals surface area contributed by atoms with Crippen molar-refractivity contribution >= 4 is 29.7 Å². The van der Waals surface area contributed by atoms with Crippen LogP contribution in [0.1, 0.15) is 16.7 Å². The zero-order valence-corrected chi connectivity index (χ0v) is 14.2. The van der Waals surface area contributed by atoms with Crippen molar-refractivity contribution in [1.29, 1.82) is 0 Å². The predicted octanol–water partition coefficient (Wildman–Crippen LogP) is 3.80. The van der Waals surface area contributed by atoms with Crippen LogP contribution in [0.15, 0.2) is 42.5 Å². The minimum Gasteiger partial charge on any atom is -0.410 e. The molecule has 0 radical (unpaired) electrons. The van der Waals surface area contributed by atoms with Gasteiger partial charge in [-0.15, -0.1) is 0 Å². The standard InChI is InChI=1S/C19H18N2O4/c1-12-4-6-13(7-5-12)10-17-15-11-14(24-18(22)20-2)8-9-16(15)21(3)19(23)25-17/h4-11H,1-3H3,(H,20,22)/b17-10-. The molecule has 2 aromatic rings. The van der Waals surface area contributed by atoms with Crippen molar-refractivity contribution in [3.8, 4) is 5.75 Å². The van der Waals surface area contributed by atoms with E-state index in [0.717, 1.165) is 11.1 Å². The summed E-state index contributed by atoms with van der Waals surface area (Å²) >= 11 is 0. The molecule has 6 heteroatoms. The highest BCUT2D eigenvalue weighted by atomic mass is 16.6. The van der Waals surface area contributed by atoms with Crippen LogP contribution in [0.25, 0.3) is 11.8 Å². The molecule has 128 valence electrons. The molecule has 2 aromatic carbocycles. The number of nitrogens with one attached hydrogen (secondary N) is 1. The van der Waals surface area contributed by atoms with Crippen LogP contribution in [0, 0.1) is 6.92 Å². The minimum absolute atomic E-state index is 0.360. The van der Waals surface area contributed by atoms with E-state index in [9.17, 15) is 9.59 Å². The Balaban J connectivity index is 2.05. The third-order valence-corrected chi connectivity index (χ3v) is 3.86. The summed E-state index contributed by atoms with van der Waals surface area (Å²) in [6.45, 7) is 2.00. The fourth-order valence-corrected chi connectivity index (χ4v) is 2.46. The van der Waals surface area contributed by atoms with Gasteiger partial charge in [-0.3, -0.25) is 4.90 Å². The van der Waals surface area contributed by atoms with E-state index >= 15 is 0 Å². The highest BCUT2D eigenvalue weighted by Gasteiger charge is 2.27. The molecule has 0 aliphatic carbocycles. The average molecular weight is 338 g/mol. The fourth-order valence-electron chi connectivity index (χ4n) is 2.46. The normalized spacial score (nSPS) is 14.8. The molecule has 0 unspecified atom stereocenters. The van der Waals surface area contributed by atoms with Crippen LogP contribution in [0.4, 0.5) is 15.3 Å². The number of benzene rings is 2. The van der Waals surface area contributed by atoms with E-state index in [1.165, 1.54) is 11.9 Å². The molecule has 25 heavy (non-hydrogen) atoms. The summed E-state index contributed by atoms with van der Waals surface area (Å²) in [6, 6.07) is 12.9. The first kappa shape index (κ1) is 16.6. The van der Waals surface area contributed by atoms with Gasteiger partial charge in [0, 0.05) is 19.7 Å². The number of nitrogens with zero attached hydrogens (tertiary/aromatic N) is 1. The number of rotatable bonds is 2. The van der Waals surface area contributed by atoms with Gasteiger partial charge in [0.25, 0.3) is 0 Å². The second kappa shape index (κ2) is 6.68. The van der Waals surface area contributed by atoms with Gasteiger partial charge in [-0.1, -0.05) is 29.8 Å². The first-order valence-electron chi connectivity index (χ1n) is 7.76. The molecule has 0 aromatic heterocycles. The van der Waals surface area contributed by atoms with E-state index in [1.807, 2.05) is 31.2 Å². The first-order valence-corrected chi connectivity index (χ1v) is 7.76. The number of aryl methyl sites for hydroxylation is 1. The lowest BCUT2D eigenvalue weighted by Crippen LogP contribution is -2.31. The molecule has 1 N–H and O–H groups in total. The molecule has 1 aliphatic rings. The van der Waals surface area contributed by atoms with Gasteiger partial charge in [-0.25, -0.2) is 9.59 Å². The van der Waals surface area contributed by atoms with Crippen molar-refractivity contribution in [2.24, 2.45) is 0 Å². The maximum Gasteiger partial charge on any atom is 0.419 e. The van der Waals surface area contributed by atoms with Crippen LogP contribution in [0.3, 0.4) is 0 Å². The lowest BCUT2D eigenvalue weighted by atomic mass is 10.1. The maximum atomic E-state index is 12.1. The van der Waals surface area contributed by atoms with E-state index in [2.05, 4.69) is 5.32 Å². The zero-order chi connectivity index (χ0) is 18.0. The van der Waals surface area contributed by atoms with E-state index in [4.69, 9.17) is 9.47 Å². The van der Waals surface area contributed by atoms with Gasteiger partial charge < -0.3 is 14.8 Å². The highest BCUT2D eigenvalue weighted by molar-refractivity contribution is 6.01. The molecular weight excluding hydrogens is 320 g/mol. The van der Waals surface area contributed by atoms with Gasteiger partial charge in [0.1, 0.15) is 11.5 Å². The van der Waals surface area contributed by atoms with Crippen LogP contribution in [-0.2, 0) is 4.74 Å². The van der Waals surface area contributed by atoms with E-state index in [1.54, 1.807) is 31.3 Å². The second-order valence-corrected chi connectivity index (χ2v) is 5.66. The predicted molar refractivity (Wildman–Crippen MR) is 95.5 cm³/mol. The summed E-state index contributed by atoms with van der Waals surface area (Å²) in [5.41, 5.74) is 3.40. The van der Waals surface area contributed by atoms with Crippen molar-refractivity contribution < 1.29 is 19.1 Å². The summed E-state index contributed by atoms with van der Waals surface area (Å²) in [5, 5.41) is 2.39. The number of carbonyl (C=O) groups is 2. The molecule has 0 saturated heterocycles. The van der Waals surface area contributed by atoms with E-state index in [-0.39, 0.29) is 0 Å². The maximum absolute atomic E-state index is 12.1. The van der Waals surface area contributed by atoms with Gasteiger partial charge in [0.15, 0.2) is 0 Å². The Bertz CT molecular complexity index is 856. The number of amides is 2. The number of hydrogen-bond donors (Lipinski definition) is 1. The fraction of sp³-hybridized carbons (Fsp3) is 0.158. The molecular formula is C19H18N2O4. The van der Waals surface area contributed by atoms with Crippen LogP contribution in [0.5, 0.6) is 5.75 Å². The lowest BCUT2D eigenvalue weighted by Gasteiger charge is -2.27. The van der Waals surface area contributed by atoms with Crippen molar-refractivity contribution in [2.45, 2.75) is 6.92 Å². The Labute approximate surface area is 145 Å². The van der Waals surface area contributed by atoms with Crippen LogP contribution >= 0.6 is 0 Å². The summed E-state index contributed by atoms with van der Waals surface area (Å²) in [6.07, 6.45) is 0.753. The van der Waals surface area contributed by atoms with Crippen molar-refractivity contribution in [3.63, 3.8) is 0 Å². The van der Waals surface area contributed by atoms with Crippen LogP contribution in [-0.4, -0.2) is 26.3 Å². The Hall–Kier alpha value is -3.28. The molecule has 0 bridgehead atoms. The summed E-state index contributed by atoms with van der Waals surface area (Å²) in [7, 11) is 3.11. The summed E-state index contributed by atoms with van der Waals surface area (Å²) in [5.74, 6) is 0.767. The van der Waals surface area contributed by atoms with Crippen LogP contribution < -0.4 is 15.0 Å². The molecule has 0 spiro atoms. The first-order chi connectivity index (χ1) is 12.0.